The minimum atomic E-state index is -3.33. The highest BCUT2D eigenvalue weighted by molar-refractivity contribution is 9.10. The molecular formula is C17H15BrFNO6S. The second-order valence-corrected chi connectivity index (χ2v) is 8.30. The highest BCUT2D eigenvalue weighted by Crippen LogP contribution is 2.21. The molecule has 144 valence electrons. The number of halogens is 2. The summed E-state index contributed by atoms with van der Waals surface area (Å²) in [7, 11) is -3.33. The monoisotopic (exact) mass is 459 g/mol. The van der Waals surface area contributed by atoms with Crippen molar-refractivity contribution in [2.75, 3.05) is 24.8 Å². The fourth-order valence-electron chi connectivity index (χ4n) is 1.90. The summed E-state index contributed by atoms with van der Waals surface area (Å²) < 4.78 is 46.5. The lowest BCUT2D eigenvalue weighted by Gasteiger charge is -2.09. The first-order chi connectivity index (χ1) is 12.6. The van der Waals surface area contributed by atoms with Crippen LogP contribution in [0.25, 0.3) is 0 Å². The van der Waals surface area contributed by atoms with Crippen molar-refractivity contribution in [2.24, 2.45) is 0 Å². The van der Waals surface area contributed by atoms with Gasteiger partial charge in [-0.15, -0.1) is 0 Å². The lowest BCUT2D eigenvalue weighted by molar-refractivity contribution is -0.149. The smallest absolute Gasteiger partial charge is 0.344 e. The second kappa shape index (κ2) is 8.96. The predicted molar refractivity (Wildman–Crippen MR) is 98.7 cm³/mol. The van der Waals surface area contributed by atoms with Crippen LogP contribution in [0, 0.1) is 5.82 Å². The molecule has 1 amide bonds. The van der Waals surface area contributed by atoms with Gasteiger partial charge in [0, 0.05) is 16.4 Å². The molecule has 27 heavy (non-hydrogen) atoms. The zero-order chi connectivity index (χ0) is 20.0. The van der Waals surface area contributed by atoms with Gasteiger partial charge in [0.05, 0.1) is 4.90 Å². The van der Waals surface area contributed by atoms with Gasteiger partial charge in [-0.1, -0.05) is 15.9 Å². The fourth-order valence-corrected chi connectivity index (χ4v) is 2.86. The normalized spacial score (nSPS) is 10.9. The van der Waals surface area contributed by atoms with Crippen LogP contribution in [0.4, 0.5) is 10.1 Å². The number of hydrogen-bond donors (Lipinski definition) is 1. The van der Waals surface area contributed by atoms with Crippen LogP contribution in [0.15, 0.2) is 51.8 Å². The van der Waals surface area contributed by atoms with E-state index in [0.717, 1.165) is 6.26 Å². The van der Waals surface area contributed by atoms with Crippen LogP contribution in [0.2, 0.25) is 0 Å². The van der Waals surface area contributed by atoms with Gasteiger partial charge in [-0.3, -0.25) is 4.79 Å². The number of benzene rings is 2. The van der Waals surface area contributed by atoms with E-state index in [1.54, 1.807) is 6.07 Å². The Kier molecular flexibility index (Phi) is 6.92. The summed E-state index contributed by atoms with van der Waals surface area (Å²) in [5.74, 6) is -2.23. The number of rotatable bonds is 7. The maximum absolute atomic E-state index is 13.6. The predicted octanol–water partition coefficient (Wildman–Crippen LogP) is 2.55. The summed E-state index contributed by atoms with van der Waals surface area (Å²) >= 11 is 3.10. The van der Waals surface area contributed by atoms with E-state index in [0.29, 0.717) is 10.2 Å². The average Bonchev–Trinajstić information content (AvgIpc) is 2.59. The molecule has 0 atom stereocenters. The molecule has 1 N–H and O–H groups in total. The first-order valence-electron chi connectivity index (χ1n) is 7.48. The van der Waals surface area contributed by atoms with Gasteiger partial charge in [0.25, 0.3) is 5.91 Å². The van der Waals surface area contributed by atoms with Crippen molar-refractivity contribution in [3.63, 3.8) is 0 Å². The highest BCUT2D eigenvalue weighted by atomic mass is 79.9. The molecule has 7 nitrogen and oxygen atoms in total. The Balaban J connectivity index is 1.78. The minimum absolute atomic E-state index is 0.115. The maximum Gasteiger partial charge on any atom is 0.344 e. The molecular weight excluding hydrogens is 445 g/mol. The second-order valence-electron chi connectivity index (χ2n) is 5.37. The summed E-state index contributed by atoms with van der Waals surface area (Å²) in [5, 5.41) is 2.45. The van der Waals surface area contributed by atoms with E-state index < -0.39 is 40.7 Å². The van der Waals surface area contributed by atoms with Crippen molar-refractivity contribution in [3.8, 4) is 5.75 Å². The number of hydrogen-bond acceptors (Lipinski definition) is 6. The molecule has 0 unspecified atom stereocenters. The number of ether oxygens (including phenoxy) is 2. The number of amides is 1. The number of carbonyl (C=O) groups is 2. The molecule has 0 aliphatic heterocycles. The van der Waals surface area contributed by atoms with Gasteiger partial charge in [-0.2, -0.15) is 0 Å². The van der Waals surface area contributed by atoms with Crippen molar-refractivity contribution in [2.45, 2.75) is 4.90 Å². The Morgan fingerprint density at radius 3 is 2.37 bits per heavy atom. The Hall–Kier alpha value is -2.46. The molecule has 0 aliphatic carbocycles. The van der Waals surface area contributed by atoms with Crippen molar-refractivity contribution in [1.29, 1.82) is 0 Å². The van der Waals surface area contributed by atoms with Crippen LogP contribution in [-0.2, 0) is 24.2 Å². The van der Waals surface area contributed by atoms with Crippen molar-refractivity contribution >= 4 is 43.3 Å². The van der Waals surface area contributed by atoms with Gasteiger partial charge in [0.15, 0.2) is 34.6 Å². The van der Waals surface area contributed by atoms with Gasteiger partial charge in [0.2, 0.25) is 0 Å². The van der Waals surface area contributed by atoms with Gasteiger partial charge in [0.1, 0.15) is 0 Å². The molecule has 2 rings (SSSR count). The van der Waals surface area contributed by atoms with Gasteiger partial charge in [-0.05, 0) is 42.5 Å². The molecule has 0 bridgehead atoms. The van der Waals surface area contributed by atoms with E-state index >= 15 is 0 Å². The Morgan fingerprint density at radius 2 is 1.78 bits per heavy atom. The van der Waals surface area contributed by atoms with Crippen LogP contribution in [0.3, 0.4) is 0 Å². The van der Waals surface area contributed by atoms with E-state index in [-0.39, 0.29) is 10.6 Å². The van der Waals surface area contributed by atoms with E-state index in [2.05, 4.69) is 21.2 Å². The quantitative estimate of drug-likeness (QED) is 0.638. The molecule has 2 aromatic carbocycles. The Morgan fingerprint density at radius 1 is 1.11 bits per heavy atom. The van der Waals surface area contributed by atoms with Crippen molar-refractivity contribution in [1.82, 2.24) is 0 Å². The lowest BCUT2D eigenvalue weighted by Crippen LogP contribution is -2.23. The molecule has 0 aliphatic rings. The number of sulfone groups is 1. The van der Waals surface area contributed by atoms with E-state index in [1.807, 2.05) is 0 Å². The number of esters is 1. The first kappa shape index (κ1) is 20.8. The van der Waals surface area contributed by atoms with Crippen LogP contribution in [0.1, 0.15) is 0 Å². The van der Waals surface area contributed by atoms with Crippen LogP contribution < -0.4 is 10.1 Å². The van der Waals surface area contributed by atoms with Gasteiger partial charge >= 0.3 is 5.97 Å². The zero-order valence-corrected chi connectivity index (χ0v) is 16.5. The molecule has 0 fully saturated rings. The zero-order valence-electron chi connectivity index (χ0n) is 14.1. The van der Waals surface area contributed by atoms with Crippen LogP contribution >= 0.6 is 15.9 Å². The largest absolute Gasteiger partial charge is 0.479 e. The third-order valence-electron chi connectivity index (χ3n) is 3.17. The van der Waals surface area contributed by atoms with Crippen LogP contribution in [-0.4, -0.2) is 39.8 Å². The molecule has 2 aromatic rings. The average molecular weight is 460 g/mol. The molecule has 0 spiro atoms. The minimum Gasteiger partial charge on any atom is -0.479 e. The molecule has 0 aromatic heterocycles. The number of nitrogens with one attached hydrogen (secondary N) is 1. The molecule has 0 radical (unpaired) electrons. The van der Waals surface area contributed by atoms with E-state index in [4.69, 9.17) is 9.47 Å². The third kappa shape index (κ3) is 6.65. The van der Waals surface area contributed by atoms with E-state index in [1.165, 1.54) is 36.4 Å². The number of carbonyl (C=O) groups excluding carboxylic acids is 2. The maximum atomic E-state index is 13.6. The summed E-state index contributed by atoms with van der Waals surface area (Å²) in [6.07, 6.45) is 1.07. The Labute approximate surface area is 163 Å². The fraction of sp³-hybridized carbons (Fsp3) is 0.176. The van der Waals surface area contributed by atoms with Crippen molar-refractivity contribution < 1.29 is 31.9 Å². The molecule has 0 saturated heterocycles. The summed E-state index contributed by atoms with van der Waals surface area (Å²) in [5.41, 5.74) is 0.344. The van der Waals surface area contributed by atoms with Crippen LogP contribution in [0.5, 0.6) is 5.75 Å². The SMILES string of the molecule is CS(=O)(=O)c1ccc(NC(=O)COC(=O)COc2ccc(Br)cc2F)cc1. The van der Waals surface area contributed by atoms with Gasteiger partial charge in [-0.25, -0.2) is 17.6 Å². The van der Waals surface area contributed by atoms with Crippen molar-refractivity contribution in [3.05, 3.63) is 52.8 Å². The molecule has 10 heteroatoms. The summed E-state index contributed by atoms with van der Waals surface area (Å²) in [6, 6.07) is 9.59. The molecule has 0 heterocycles. The highest BCUT2D eigenvalue weighted by Gasteiger charge is 2.12. The third-order valence-corrected chi connectivity index (χ3v) is 4.79. The van der Waals surface area contributed by atoms with Gasteiger partial charge < -0.3 is 14.8 Å². The molecule has 0 saturated carbocycles. The standard InChI is InChI=1S/C17H15BrFNO6S/c1-27(23,24)13-5-3-12(4-6-13)20-16(21)9-26-17(22)10-25-15-7-2-11(18)8-14(15)19/h2-8H,9-10H2,1H3,(H,20,21). The Bertz CT molecular complexity index is 946. The first-order valence-corrected chi connectivity index (χ1v) is 10.2. The lowest BCUT2D eigenvalue weighted by atomic mass is 10.3. The summed E-state index contributed by atoms with van der Waals surface area (Å²) in [6.45, 7) is -1.13. The number of anilines is 1. The summed E-state index contributed by atoms with van der Waals surface area (Å²) in [4.78, 5) is 23.4. The van der Waals surface area contributed by atoms with E-state index in [9.17, 15) is 22.4 Å². The topological polar surface area (TPSA) is 98.8 Å².